The highest BCUT2D eigenvalue weighted by Gasteiger charge is 2.27. The van der Waals surface area contributed by atoms with Crippen LogP contribution in [0.4, 0.5) is 4.39 Å². The van der Waals surface area contributed by atoms with Gasteiger partial charge in [-0.2, -0.15) is 0 Å². The van der Waals surface area contributed by atoms with E-state index < -0.39 is 5.82 Å². The zero-order valence-electron chi connectivity index (χ0n) is 15.1. The Bertz CT molecular complexity index is 939. The monoisotopic (exact) mass is 363 g/mol. The minimum Gasteiger partial charge on any atom is -0.330 e. The number of hydrogen-bond acceptors (Lipinski definition) is 3. The molecule has 2 heterocycles. The average molecular weight is 363 g/mol. The highest BCUT2D eigenvalue weighted by atomic mass is 19.1. The molecule has 0 radical (unpaired) electrons. The van der Waals surface area contributed by atoms with Gasteiger partial charge >= 0.3 is 0 Å². The molecular weight excluding hydrogens is 341 g/mol. The topological polar surface area (TPSA) is 46.1 Å². The molecule has 5 heteroatoms. The lowest BCUT2D eigenvalue weighted by molar-refractivity contribution is 0.0608. The standard InChI is InChI=1S/C22H22FN3O/c23-19-8-4-5-17-9-10-20(25-21(17)19)22(27)26(18-6-2-1-3-7-18)15-16-11-13-24-14-12-16/h4-5,8-14,18H,1-3,6-7,15H2. The van der Waals surface area contributed by atoms with Crippen molar-refractivity contribution in [2.45, 2.75) is 44.7 Å². The lowest BCUT2D eigenvalue weighted by Gasteiger charge is -2.34. The number of halogens is 1. The van der Waals surface area contributed by atoms with Crippen LogP contribution in [0.15, 0.2) is 54.9 Å². The molecule has 0 bridgehead atoms. The fraction of sp³-hybridized carbons (Fsp3) is 0.318. The van der Waals surface area contributed by atoms with Crippen LogP contribution in [0.5, 0.6) is 0 Å². The van der Waals surface area contributed by atoms with Gasteiger partial charge in [0, 0.05) is 30.4 Å². The van der Waals surface area contributed by atoms with Crippen LogP contribution < -0.4 is 0 Å². The minimum absolute atomic E-state index is 0.135. The number of nitrogens with zero attached hydrogens (tertiary/aromatic N) is 3. The molecule has 3 aromatic rings. The fourth-order valence-corrected chi connectivity index (χ4v) is 3.82. The van der Waals surface area contributed by atoms with Crippen molar-refractivity contribution in [2.75, 3.05) is 0 Å². The van der Waals surface area contributed by atoms with E-state index >= 15 is 0 Å². The molecular formula is C22H22FN3O. The summed E-state index contributed by atoms with van der Waals surface area (Å²) in [5, 5.41) is 0.699. The number of carbonyl (C=O) groups excluding carboxylic acids is 1. The first-order chi connectivity index (χ1) is 13.2. The third-order valence-electron chi connectivity index (χ3n) is 5.27. The van der Waals surface area contributed by atoms with Crippen LogP contribution in [-0.4, -0.2) is 26.8 Å². The van der Waals surface area contributed by atoms with Gasteiger partial charge in [-0.15, -0.1) is 0 Å². The zero-order valence-corrected chi connectivity index (χ0v) is 15.1. The van der Waals surface area contributed by atoms with Crippen molar-refractivity contribution in [1.82, 2.24) is 14.9 Å². The van der Waals surface area contributed by atoms with Crippen molar-refractivity contribution in [1.29, 1.82) is 0 Å². The second-order valence-electron chi connectivity index (χ2n) is 7.09. The summed E-state index contributed by atoms with van der Waals surface area (Å²) in [6.07, 6.45) is 8.95. The Hall–Kier alpha value is -2.82. The molecule has 0 spiro atoms. The molecule has 0 saturated heterocycles. The number of amides is 1. The molecule has 1 saturated carbocycles. The molecule has 2 aromatic heterocycles. The SMILES string of the molecule is O=C(c1ccc2cccc(F)c2n1)N(Cc1ccncc1)C1CCCCC1. The van der Waals surface area contributed by atoms with Crippen LogP contribution in [0.1, 0.15) is 48.2 Å². The van der Waals surface area contributed by atoms with E-state index in [9.17, 15) is 9.18 Å². The molecule has 27 heavy (non-hydrogen) atoms. The maximum atomic E-state index is 14.1. The number of pyridine rings is 2. The van der Waals surface area contributed by atoms with E-state index in [-0.39, 0.29) is 17.5 Å². The fourth-order valence-electron chi connectivity index (χ4n) is 3.82. The highest BCUT2D eigenvalue weighted by molar-refractivity contribution is 5.95. The third-order valence-corrected chi connectivity index (χ3v) is 5.27. The van der Waals surface area contributed by atoms with E-state index in [0.29, 0.717) is 17.6 Å². The van der Waals surface area contributed by atoms with Crippen molar-refractivity contribution < 1.29 is 9.18 Å². The average Bonchev–Trinajstić information content (AvgIpc) is 2.73. The lowest BCUT2D eigenvalue weighted by Crippen LogP contribution is -2.41. The largest absolute Gasteiger partial charge is 0.330 e. The molecule has 0 aliphatic heterocycles. The molecule has 4 nitrogen and oxygen atoms in total. The van der Waals surface area contributed by atoms with Crippen LogP contribution in [-0.2, 0) is 6.54 Å². The van der Waals surface area contributed by atoms with E-state index in [1.807, 2.05) is 17.0 Å². The molecule has 4 rings (SSSR count). The van der Waals surface area contributed by atoms with Crippen LogP contribution in [0.3, 0.4) is 0 Å². The Morgan fingerprint density at radius 1 is 1.04 bits per heavy atom. The van der Waals surface area contributed by atoms with E-state index in [0.717, 1.165) is 31.2 Å². The maximum absolute atomic E-state index is 14.1. The highest BCUT2D eigenvalue weighted by Crippen LogP contribution is 2.26. The summed E-state index contributed by atoms with van der Waals surface area (Å²) < 4.78 is 14.1. The third kappa shape index (κ3) is 3.82. The number of aromatic nitrogens is 2. The van der Waals surface area contributed by atoms with E-state index in [1.54, 1.807) is 36.7 Å². The first-order valence-electron chi connectivity index (χ1n) is 9.47. The molecule has 1 aliphatic rings. The summed E-state index contributed by atoms with van der Waals surface area (Å²) in [5.41, 5.74) is 1.58. The molecule has 0 atom stereocenters. The van der Waals surface area contributed by atoms with Crippen LogP contribution >= 0.6 is 0 Å². The molecule has 1 aromatic carbocycles. The van der Waals surface area contributed by atoms with Gasteiger partial charge in [-0.25, -0.2) is 9.37 Å². The lowest BCUT2D eigenvalue weighted by atomic mass is 9.93. The van der Waals surface area contributed by atoms with Crippen LogP contribution in [0.25, 0.3) is 10.9 Å². The summed E-state index contributed by atoms with van der Waals surface area (Å²) in [5.74, 6) is -0.538. The zero-order chi connectivity index (χ0) is 18.6. The molecule has 138 valence electrons. The normalized spacial score (nSPS) is 15.0. The number of fused-ring (bicyclic) bond motifs is 1. The van der Waals surface area contributed by atoms with Crippen molar-refractivity contribution in [2.24, 2.45) is 0 Å². The molecule has 1 fully saturated rings. The van der Waals surface area contributed by atoms with Crippen molar-refractivity contribution in [3.8, 4) is 0 Å². The van der Waals surface area contributed by atoms with Gasteiger partial charge in [0.1, 0.15) is 17.0 Å². The van der Waals surface area contributed by atoms with Crippen molar-refractivity contribution in [3.05, 3.63) is 71.9 Å². The van der Waals surface area contributed by atoms with Gasteiger partial charge in [0.05, 0.1) is 0 Å². The second kappa shape index (κ2) is 7.82. The van der Waals surface area contributed by atoms with Gasteiger partial charge in [0.2, 0.25) is 0 Å². The number of carbonyl (C=O) groups is 1. The van der Waals surface area contributed by atoms with Crippen LogP contribution in [0, 0.1) is 5.82 Å². The number of para-hydroxylation sites is 1. The first-order valence-corrected chi connectivity index (χ1v) is 9.47. The van der Waals surface area contributed by atoms with Gasteiger partial charge in [-0.3, -0.25) is 9.78 Å². The Labute approximate surface area is 158 Å². The van der Waals surface area contributed by atoms with Gasteiger partial charge in [0.15, 0.2) is 0 Å². The quantitative estimate of drug-likeness (QED) is 0.672. The van der Waals surface area contributed by atoms with Gasteiger partial charge in [0.25, 0.3) is 5.91 Å². The Kier molecular flexibility index (Phi) is 5.10. The summed E-state index contributed by atoms with van der Waals surface area (Å²) in [7, 11) is 0. The second-order valence-corrected chi connectivity index (χ2v) is 7.09. The summed E-state index contributed by atoms with van der Waals surface area (Å²) in [4.78, 5) is 23.6. The molecule has 1 aliphatic carbocycles. The maximum Gasteiger partial charge on any atom is 0.273 e. The molecule has 0 unspecified atom stereocenters. The van der Waals surface area contributed by atoms with Gasteiger partial charge < -0.3 is 4.90 Å². The van der Waals surface area contributed by atoms with Gasteiger partial charge in [-0.05, 0) is 42.7 Å². The van der Waals surface area contributed by atoms with E-state index in [1.165, 1.54) is 12.5 Å². The van der Waals surface area contributed by atoms with E-state index in [2.05, 4.69) is 9.97 Å². The first kappa shape index (κ1) is 17.6. The van der Waals surface area contributed by atoms with Crippen LogP contribution in [0.2, 0.25) is 0 Å². The predicted octanol–water partition coefficient (Wildman–Crippen LogP) is 4.74. The summed E-state index contributed by atoms with van der Waals surface area (Å²) >= 11 is 0. The summed E-state index contributed by atoms with van der Waals surface area (Å²) in [6, 6.07) is 12.3. The Morgan fingerprint density at radius 3 is 2.59 bits per heavy atom. The molecule has 0 N–H and O–H groups in total. The smallest absolute Gasteiger partial charge is 0.273 e. The van der Waals surface area contributed by atoms with Crippen molar-refractivity contribution in [3.63, 3.8) is 0 Å². The number of benzene rings is 1. The van der Waals surface area contributed by atoms with Crippen molar-refractivity contribution >= 4 is 16.8 Å². The Balaban J connectivity index is 1.68. The number of hydrogen-bond donors (Lipinski definition) is 0. The Morgan fingerprint density at radius 2 is 1.81 bits per heavy atom. The number of rotatable bonds is 4. The minimum atomic E-state index is -0.402. The molecule has 1 amide bonds. The van der Waals surface area contributed by atoms with E-state index in [4.69, 9.17) is 0 Å². The predicted molar refractivity (Wildman–Crippen MR) is 103 cm³/mol. The summed E-state index contributed by atoms with van der Waals surface area (Å²) in [6.45, 7) is 0.517. The van der Waals surface area contributed by atoms with Gasteiger partial charge in [-0.1, -0.05) is 37.5 Å².